The van der Waals surface area contributed by atoms with Gasteiger partial charge in [0, 0.05) is 69.4 Å². The molecule has 0 fully saturated rings. The van der Waals surface area contributed by atoms with E-state index >= 15 is 0 Å². The van der Waals surface area contributed by atoms with Crippen molar-refractivity contribution in [1.82, 2.24) is 15.0 Å². The summed E-state index contributed by atoms with van der Waals surface area (Å²) in [5.41, 5.74) is 11.5. The van der Waals surface area contributed by atoms with E-state index < -0.39 is 0 Å². The summed E-state index contributed by atoms with van der Waals surface area (Å²) in [4.78, 5) is 15.1. The lowest BCUT2D eigenvalue weighted by Crippen LogP contribution is -1.97. The summed E-state index contributed by atoms with van der Waals surface area (Å²) in [7, 11) is 0. The third-order valence-corrected chi connectivity index (χ3v) is 13.9. The molecular weight excluding hydrogens is 767 g/mol. The van der Waals surface area contributed by atoms with Crippen molar-refractivity contribution < 1.29 is 0 Å². The summed E-state index contributed by atoms with van der Waals surface area (Å²) in [5.74, 6) is 0.680. The molecule has 0 atom stereocenters. The summed E-state index contributed by atoms with van der Waals surface area (Å²) in [5, 5.41) is 7.50. The average Bonchev–Trinajstić information content (AvgIpc) is 3.89. The second-order valence-corrected chi connectivity index (χ2v) is 17.4. The summed E-state index contributed by atoms with van der Waals surface area (Å²) in [6, 6.07) is 67.9. The van der Waals surface area contributed by atoms with E-state index in [0.717, 1.165) is 61.5 Å². The van der Waals surface area contributed by atoms with Gasteiger partial charge in [-0.2, -0.15) is 0 Å². The van der Waals surface area contributed by atoms with Crippen molar-refractivity contribution in [3.05, 3.63) is 200 Å². The second kappa shape index (κ2) is 14.2. The van der Waals surface area contributed by atoms with Crippen LogP contribution in [0, 0.1) is 0 Å². The Labute approximate surface area is 354 Å². The first-order chi connectivity index (χ1) is 29.7. The maximum atomic E-state index is 5.39. The lowest BCUT2D eigenvalue weighted by molar-refractivity contribution is 1.18. The van der Waals surface area contributed by atoms with E-state index in [4.69, 9.17) is 9.97 Å². The lowest BCUT2D eigenvalue weighted by atomic mass is 9.94. The van der Waals surface area contributed by atoms with Crippen LogP contribution in [0.4, 0.5) is 0 Å². The number of pyridine rings is 1. The number of hydrogen-bond acceptors (Lipinski definition) is 5. The van der Waals surface area contributed by atoms with Crippen molar-refractivity contribution in [3.8, 4) is 67.3 Å². The molecule has 0 saturated heterocycles. The van der Waals surface area contributed by atoms with Gasteiger partial charge in [0.05, 0.1) is 11.4 Å². The molecule has 0 saturated carbocycles. The fourth-order valence-corrected chi connectivity index (χ4v) is 10.7. The highest BCUT2D eigenvalue weighted by Gasteiger charge is 2.16. The van der Waals surface area contributed by atoms with Gasteiger partial charge in [0.2, 0.25) is 0 Å². The maximum absolute atomic E-state index is 5.39. The Kier molecular flexibility index (Phi) is 8.22. The summed E-state index contributed by atoms with van der Waals surface area (Å²) in [6.07, 6.45) is 3.71. The number of benzene rings is 8. The van der Waals surface area contributed by atoms with Crippen LogP contribution in [0.25, 0.3) is 118 Å². The van der Waals surface area contributed by atoms with Gasteiger partial charge in [-0.25, -0.2) is 9.97 Å². The molecule has 0 spiro atoms. The minimum atomic E-state index is 0.680. The highest BCUT2D eigenvalue weighted by molar-refractivity contribution is 7.26. The Morgan fingerprint density at radius 3 is 1.48 bits per heavy atom. The molecule has 3 nitrogen and oxygen atoms in total. The minimum absolute atomic E-state index is 0.680. The Hall–Kier alpha value is -7.31. The molecule has 5 heteroatoms. The van der Waals surface area contributed by atoms with Gasteiger partial charge >= 0.3 is 0 Å². The first kappa shape index (κ1) is 34.7. The fraction of sp³-hybridized carbons (Fsp3) is 0. The average molecular weight is 800 g/mol. The van der Waals surface area contributed by atoms with Gasteiger partial charge in [-0.1, -0.05) is 115 Å². The van der Waals surface area contributed by atoms with Crippen molar-refractivity contribution >= 4 is 73.8 Å². The Morgan fingerprint density at radius 2 is 0.833 bits per heavy atom. The van der Waals surface area contributed by atoms with E-state index in [-0.39, 0.29) is 0 Å². The fourth-order valence-electron chi connectivity index (χ4n) is 8.49. The van der Waals surface area contributed by atoms with E-state index in [0.29, 0.717) is 5.82 Å². The Balaban J connectivity index is 1.07. The molecule has 0 unspecified atom stereocenters. The highest BCUT2D eigenvalue weighted by atomic mass is 32.1. The molecule has 8 aromatic carbocycles. The van der Waals surface area contributed by atoms with Crippen LogP contribution in [-0.2, 0) is 0 Å². The predicted octanol–water partition coefficient (Wildman–Crippen LogP) is 15.8. The first-order valence-corrected chi connectivity index (χ1v) is 21.7. The van der Waals surface area contributed by atoms with Crippen LogP contribution in [0.15, 0.2) is 200 Å². The smallest absolute Gasteiger partial charge is 0.160 e. The standard InChI is InChI=1S/C55H33N3S2/c1-2-9-37-26-40(20-17-34(37)8-1)50-32-49(36-18-15-35(16-19-36)41-10-7-25-56-33-41)57-55(58-50)44-28-42(38-21-23-53-47(30-38)45-11-3-5-13-51(45)59-53)27-43(29-44)39-22-24-54-48(31-39)46-12-4-6-14-52(46)60-54/h1-33H. The zero-order valence-electron chi connectivity index (χ0n) is 32.2. The number of fused-ring (bicyclic) bond motifs is 7. The molecule has 4 aromatic heterocycles. The zero-order valence-corrected chi connectivity index (χ0v) is 33.8. The second-order valence-electron chi connectivity index (χ2n) is 15.3. The Bertz CT molecular complexity index is 3470. The topological polar surface area (TPSA) is 38.7 Å². The molecule has 60 heavy (non-hydrogen) atoms. The molecule has 0 radical (unpaired) electrons. The first-order valence-electron chi connectivity index (χ1n) is 20.0. The molecule has 0 aliphatic rings. The van der Waals surface area contributed by atoms with Crippen LogP contribution in [0.1, 0.15) is 0 Å². The van der Waals surface area contributed by atoms with Gasteiger partial charge in [0.25, 0.3) is 0 Å². The molecule has 0 aliphatic carbocycles. The number of thiophene rings is 2. The number of nitrogens with zero attached hydrogens (tertiary/aromatic N) is 3. The molecule has 280 valence electrons. The van der Waals surface area contributed by atoms with Gasteiger partial charge in [0.15, 0.2) is 5.82 Å². The van der Waals surface area contributed by atoms with Crippen molar-refractivity contribution in [1.29, 1.82) is 0 Å². The van der Waals surface area contributed by atoms with Gasteiger partial charge in [-0.3, -0.25) is 4.98 Å². The lowest BCUT2D eigenvalue weighted by Gasteiger charge is -2.14. The third-order valence-electron chi connectivity index (χ3n) is 11.6. The normalized spacial score (nSPS) is 11.7. The van der Waals surface area contributed by atoms with Crippen molar-refractivity contribution in [3.63, 3.8) is 0 Å². The molecule has 0 N–H and O–H groups in total. The van der Waals surface area contributed by atoms with Gasteiger partial charge in [0.1, 0.15) is 0 Å². The van der Waals surface area contributed by atoms with Gasteiger partial charge in [-0.15, -0.1) is 22.7 Å². The van der Waals surface area contributed by atoms with Crippen LogP contribution in [0.5, 0.6) is 0 Å². The molecule has 0 aliphatic heterocycles. The van der Waals surface area contributed by atoms with Crippen molar-refractivity contribution in [2.45, 2.75) is 0 Å². The minimum Gasteiger partial charge on any atom is -0.264 e. The van der Waals surface area contributed by atoms with Crippen LogP contribution in [0.2, 0.25) is 0 Å². The maximum Gasteiger partial charge on any atom is 0.160 e. The number of aromatic nitrogens is 3. The quantitative estimate of drug-likeness (QED) is 0.168. The third kappa shape index (κ3) is 6.15. The van der Waals surface area contributed by atoms with Crippen LogP contribution in [0.3, 0.4) is 0 Å². The van der Waals surface area contributed by atoms with E-state index in [9.17, 15) is 0 Å². The van der Waals surface area contributed by atoms with E-state index in [1.807, 2.05) is 34.9 Å². The van der Waals surface area contributed by atoms with E-state index in [1.54, 1.807) is 6.20 Å². The van der Waals surface area contributed by atoms with Gasteiger partial charge in [-0.05, 0) is 117 Å². The molecule has 12 aromatic rings. The van der Waals surface area contributed by atoms with Crippen LogP contribution >= 0.6 is 22.7 Å². The van der Waals surface area contributed by atoms with Gasteiger partial charge < -0.3 is 0 Å². The summed E-state index contributed by atoms with van der Waals surface area (Å²) < 4.78 is 5.18. The van der Waals surface area contributed by atoms with Crippen LogP contribution < -0.4 is 0 Å². The Morgan fingerprint density at radius 1 is 0.300 bits per heavy atom. The molecule has 0 bridgehead atoms. The summed E-state index contributed by atoms with van der Waals surface area (Å²) >= 11 is 3.69. The zero-order chi connectivity index (χ0) is 39.6. The predicted molar refractivity (Wildman–Crippen MR) is 256 cm³/mol. The van der Waals surface area contributed by atoms with E-state index in [1.165, 1.54) is 51.1 Å². The molecule has 4 heterocycles. The number of rotatable bonds is 6. The largest absolute Gasteiger partial charge is 0.264 e. The molecule has 12 rings (SSSR count). The monoisotopic (exact) mass is 799 g/mol. The SMILES string of the molecule is c1cncc(-c2ccc(-c3cc(-c4ccc5ccccc5c4)nc(-c4cc(-c5ccc6sc7ccccc7c6c5)cc(-c5ccc6sc7ccccc7c6c5)c4)n3)cc2)c1. The van der Waals surface area contributed by atoms with E-state index in [2.05, 4.69) is 187 Å². The summed E-state index contributed by atoms with van der Waals surface area (Å²) in [6.45, 7) is 0. The highest BCUT2D eigenvalue weighted by Crippen LogP contribution is 2.41. The van der Waals surface area contributed by atoms with Crippen LogP contribution in [-0.4, -0.2) is 15.0 Å². The molecule has 0 amide bonds. The number of hydrogen-bond donors (Lipinski definition) is 0. The molecular formula is C55H33N3S2. The van der Waals surface area contributed by atoms with Crippen molar-refractivity contribution in [2.24, 2.45) is 0 Å². The van der Waals surface area contributed by atoms with Crippen molar-refractivity contribution in [2.75, 3.05) is 0 Å².